The van der Waals surface area contributed by atoms with E-state index in [4.69, 9.17) is 12.2 Å². The smallest absolute Gasteiger partial charge is 0.137 e. The average Bonchev–Trinajstić information content (AvgIpc) is 2.74. The fourth-order valence-corrected chi connectivity index (χ4v) is 1.76. The number of alkyl halides is 1. The molecule has 0 saturated heterocycles. The number of halogens is 1. The lowest BCUT2D eigenvalue weighted by molar-refractivity contribution is 0.933. The van der Waals surface area contributed by atoms with E-state index in [-0.39, 0.29) is 0 Å². The van der Waals surface area contributed by atoms with Crippen molar-refractivity contribution in [3.8, 4) is 0 Å². The zero-order chi connectivity index (χ0) is 10.7. The van der Waals surface area contributed by atoms with Gasteiger partial charge >= 0.3 is 0 Å². The molecule has 2 aromatic rings. The topological polar surface area (TPSA) is 40.7 Å². The Kier molecular flexibility index (Phi) is 3.53. The second-order valence-electron chi connectivity index (χ2n) is 3.12. The molecule has 2 aromatic heterocycles. The fraction of sp³-hybridized carbons (Fsp3) is 0.200. The van der Waals surface area contributed by atoms with Crippen molar-refractivity contribution in [3.63, 3.8) is 0 Å². The summed E-state index contributed by atoms with van der Waals surface area (Å²) in [5.41, 5.74) is 2.14. The first-order chi connectivity index (χ1) is 7.31. The van der Waals surface area contributed by atoms with Crippen LogP contribution < -0.4 is 5.32 Å². The van der Waals surface area contributed by atoms with Crippen molar-refractivity contribution < 1.29 is 0 Å². The molecule has 0 aliphatic carbocycles. The van der Waals surface area contributed by atoms with E-state index in [9.17, 15) is 0 Å². The maximum Gasteiger partial charge on any atom is 0.137 e. The third-order valence-corrected chi connectivity index (χ3v) is 3.72. The van der Waals surface area contributed by atoms with Gasteiger partial charge in [0.2, 0.25) is 0 Å². The third kappa shape index (κ3) is 2.46. The first-order valence-electron chi connectivity index (χ1n) is 4.55. The SMILES string of the molecule is S=C(CI)NCc1ccnc2[nH]ccc12. The second-order valence-corrected chi connectivity index (χ2v) is 4.38. The van der Waals surface area contributed by atoms with Gasteiger partial charge in [-0.3, -0.25) is 0 Å². The van der Waals surface area contributed by atoms with Crippen molar-refractivity contribution >= 4 is 50.8 Å². The van der Waals surface area contributed by atoms with Crippen LogP contribution >= 0.6 is 34.8 Å². The van der Waals surface area contributed by atoms with Gasteiger partial charge in [0.05, 0.1) is 9.42 Å². The van der Waals surface area contributed by atoms with Crippen molar-refractivity contribution in [2.24, 2.45) is 0 Å². The molecule has 2 heterocycles. The van der Waals surface area contributed by atoms with Gasteiger partial charge in [-0.2, -0.15) is 0 Å². The van der Waals surface area contributed by atoms with E-state index in [1.165, 1.54) is 5.56 Å². The molecule has 0 aromatic carbocycles. The fourth-order valence-electron chi connectivity index (χ4n) is 1.41. The van der Waals surface area contributed by atoms with Crippen LogP contribution in [0.4, 0.5) is 0 Å². The van der Waals surface area contributed by atoms with Crippen LogP contribution in [0, 0.1) is 0 Å². The molecule has 0 atom stereocenters. The molecule has 0 bridgehead atoms. The summed E-state index contributed by atoms with van der Waals surface area (Å²) in [6, 6.07) is 4.05. The summed E-state index contributed by atoms with van der Waals surface area (Å²) in [5, 5.41) is 4.37. The molecule has 0 unspecified atom stereocenters. The van der Waals surface area contributed by atoms with Gasteiger partial charge in [-0.15, -0.1) is 0 Å². The molecular formula is C10H10IN3S. The summed E-state index contributed by atoms with van der Waals surface area (Å²) in [5.74, 6) is 0. The monoisotopic (exact) mass is 331 g/mol. The third-order valence-electron chi connectivity index (χ3n) is 2.15. The van der Waals surface area contributed by atoms with E-state index in [2.05, 4.69) is 37.9 Å². The molecule has 15 heavy (non-hydrogen) atoms. The van der Waals surface area contributed by atoms with Gasteiger partial charge in [-0.1, -0.05) is 34.8 Å². The average molecular weight is 331 g/mol. The Hall–Kier alpha value is -0.690. The minimum atomic E-state index is 0.763. The minimum absolute atomic E-state index is 0.763. The van der Waals surface area contributed by atoms with Crippen LogP contribution in [0.25, 0.3) is 11.0 Å². The van der Waals surface area contributed by atoms with Crippen LogP contribution in [0.1, 0.15) is 5.56 Å². The van der Waals surface area contributed by atoms with Crippen molar-refractivity contribution in [1.29, 1.82) is 0 Å². The lowest BCUT2D eigenvalue weighted by atomic mass is 10.2. The van der Waals surface area contributed by atoms with E-state index in [0.717, 1.165) is 27.0 Å². The Labute approximate surface area is 107 Å². The zero-order valence-electron chi connectivity index (χ0n) is 7.96. The predicted molar refractivity (Wildman–Crippen MR) is 74.4 cm³/mol. The molecule has 0 radical (unpaired) electrons. The highest BCUT2D eigenvalue weighted by Gasteiger charge is 2.02. The van der Waals surface area contributed by atoms with Crippen molar-refractivity contribution in [3.05, 3.63) is 30.1 Å². The molecule has 2 rings (SSSR count). The molecule has 0 fully saturated rings. The molecule has 0 aliphatic rings. The van der Waals surface area contributed by atoms with Gasteiger partial charge in [0.25, 0.3) is 0 Å². The van der Waals surface area contributed by atoms with Crippen LogP contribution in [0.2, 0.25) is 0 Å². The Morgan fingerprint density at radius 3 is 3.20 bits per heavy atom. The van der Waals surface area contributed by atoms with Gasteiger partial charge in [-0.25, -0.2) is 4.98 Å². The number of aromatic amines is 1. The molecule has 0 spiro atoms. The zero-order valence-corrected chi connectivity index (χ0v) is 10.9. The Bertz CT molecular complexity index is 480. The maximum atomic E-state index is 5.11. The van der Waals surface area contributed by atoms with E-state index < -0.39 is 0 Å². The minimum Gasteiger partial charge on any atom is -0.375 e. The Morgan fingerprint density at radius 1 is 1.53 bits per heavy atom. The van der Waals surface area contributed by atoms with E-state index in [0.29, 0.717) is 0 Å². The molecule has 2 N–H and O–H groups in total. The highest BCUT2D eigenvalue weighted by Crippen LogP contribution is 2.14. The molecule has 0 aliphatic heterocycles. The molecular weight excluding hydrogens is 321 g/mol. The second kappa shape index (κ2) is 4.89. The van der Waals surface area contributed by atoms with E-state index >= 15 is 0 Å². The molecule has 0 amide bonds. The van der Waals surface area contributed by atoms with Crippen LogP contribution in [-0.4, -0.2) is 19.4 Å². The Balaban J connectivity index is 2.20. The normalized spacial score (nSPS) is 10.5. The summed E-state index contributed by atoms with van der Waals surface area (Å²) in [6.45, 7) is 0.763. The highest BCUT2D eigenvalue weighted by atomic mass is 127. The number of nitrogens with one attached hydrogen (secondary N) is 2. The van der Waals surface area contributed by atoms with Crippen LogP contribution in [-0.2, 0) is 6.54 Å². The molecule has 5 heteroatoms. The standard InChI is InChI=1S/C10H10IN3S/c11-5-9(15)14-6-7-1-3-12-10-8(7)2-4-13-10/h1-4H,5-6H2,(H,12,13)(H,14,15). The molecule has 3 nitrogen and oxygen atoms in total. The van der Waals surface area contributed by atoms with Crippen molar-refractivity contribution in [2.75, 3.05) is 4.43 Å². The van der Waals surface area contributed by atoms with E-state index in [1.807, 2.05) is 24.5 Å². The number of rotatable bonds is 3. The van der Waals surface area contributed by atoms with Gasteiger partial charge in [0, 0.05) is 24.3 Å². The largest absolute Gasteiger partial charge is 0.375 e. The summed E-state index contributed by atoms with van der Waals surface area (Å²) in [6.07, 6.45) is 3.71. The van der Waals surface area contributed by atoms with Crippen LogP contribution in [0.15, 0.2) is 24.5 Å². The quantitative estimate of drug-likeness (QED) is 0.516. The number of nitrogens with zero attached hydrogens (tertiary/aromatic N) is 1. The van der Waals surface area contributed by atoms with E-state index in [1.54, 1.807) is 0 Å². The van der Waals surface area contributed by atoms with Gasteiger partial charge < -0.3 is 10.3 Å². The number of pyridine rings is 1. The first-order valence-corrected chi connectivity index (χ1v) is 6.48. The summed E-state index contributed by atoms with van der Waals surface area (Å²) in [4.78, 5) is 8.21. The lowest BCUT2D eigenvalue weighted by Crippen LogP contribution is -2.21. The first kappa shape index (κ1) is 10.8. The van der Waals surface area contributed by atoms with Crippen LogP contribution in [0.5, 0.6) is 0 Å². The highest BCUT2D eigenvalue weighted by molar-refractivity contribution is 14.1. The Morgan fingerprint density at radius 2 is 2.40 bits per heavy atom. The maximum absolute atomic E-state index is 5.11. The molecule has 0 saturated carbocycles. The number of H-pyrrole nitrogens is 1. The summed E-state index contributed by atoms with van der Waals surface area (Å²) in [7, 11) is 0. The number of fused-ring (bicyclic) bond motifs is 1. The molecule has 78 valence electrons. The van der Waals surface area contributed by atoms with Crippen molar-refractivity contribution in [1.82, 2.24) is 15.3 Å². The summed E-state index contributed by atoms with van der Waals surface area (Å²) >= 11 is 7.37. The summed E-state index contributed by atoms with van der Waals surface area (Å²) < 4.78 is 0.856. The van der Waals surface area contributed by atoms with Gasteiger partial charge in [0.1, 0.15) is 5.65 Å². The van der Waals surface area contributed by atoms with Gasteiger partial charge in [0.15, 0.2) is 0 Å². The van der Waals surface area contributed by atoms with Crippen LogP contribution in [0.3, 0.4) is 0 Å². The predicted octanol–water partition coefficient (Wildman–Crippen LogP) is 2.41. The number of hydrogen-bond donors (Lipinski definition) is 2. The van der Waals surface area contributed by atoms with Gasteiger partial charge in [-0.05, 0) is 17.7 Å². The lowest BCUT2D eigenvalue weighted by Gasteiger charge is -2.06. The number of hydrogen-bond acceptors (Lipinski definition) is 2. The van der Waals surface area contributed by atoms with Crippen molar-refractivity contribution in [2.45, 2.75) is 6.54 Å². The number of aromatic nitrogens is 2. The number of thiocarbonyl (C=S) groups is 1.